The van der Waals surface area contributed by atoms with Crippen molar-refractivity contribution in [3.05, 3.63) is 28.9 Å². The van der Waals surface area contributed by atoms with Crippen LogP contribution in [0.3, 0.4) is 0 Å². The number of hydrogen-bond acceptors (Lipinski definition) is 4. The largest absolute Gasteiger partial charge is 0.392 e. The Bertz CT molecular complexity index is 540. The van der Waals surface area contributed by atoms with Crippen molar-refractivity contribution < 1.29 is 5.11 Å². The van der Waals surface area contributed by atoms with Crippen LogP contribution in [0.1, 0.15) is 26.0 Å². The maximum Gasteiger partial charge on any atom is 0.155 e. The van der Waals surface area contributed by atoms with E-state index in [-0.39, 0.29) is 6.10 Å². The molecule has 104 valence electrons. The van der Waals surface area contributed by atoms with Crippen LogP contribution in [0.4, 0.5) is 0 Å². The Morgan fingerprint density at radius 3 is 2.89 bits per heavy atom. The van der Waals surface area contributed by atoms with Crippen molar-refractivity contribution in [2.45, 2.75) is 32.9 Å². The number of aromatic nitrogens is 3. The van der Waals surface area contributed by atoms with Crippen LogP contribution in [0.5, 0.6) is 0 Å². The highest BCUT2D eigenvalue weighted by Crippen LogP contribution is 2.10. The quantitative estimate of drug-likeness (QED) is 0.852. The number of aliphatic hydroxyl groups is 1. The van der Waals surface area contributed by atoms with Crippen molar-refractivity contribution in [3.8, 4) is 0 Å². The van der Waals surface area contributed by atoms with Gasteiger partial charge in [-0.05, 0) is 28.3 Å². The monoisotopic (exact) mass is 326 g/mol. The lowest BCUT2D eigenvalue weighted by molar-refractivity contribution is 0.146. The molecule has 0 bridgehead atoms. The smallest absolute Gasteiger partial charge is 0.155 e. The molecule has 2 aromatic heterocycles. The van der Waals surface area contributed by atoms with E-state index in [0.717, 1.165) is 22.4 Å². The molecule has 2 heterocycles. The van der Waals surface area contributed by atoms with Crippen LogP contribution >= 0.6 is 15.9 Å². The maximum atomic E-state index is 9.80. The molecule has 0 aliphatic heterocycles. The van der Waals surface area contributed by atoms with E-state index in [1.165, 1.54) is 0 Å². The molecule has 0 aliphatic carbocycles. The van der Waals surface area contributed by atoms with Crippen LogP contribution in [-0.2, 0) is 6.54 Å². The molecule has 1 atom stereocenters. The summed E-state index contributed by atoms with van der Waals surface area (Å²) in [5.74, 6) is 0.509. The molecule has 6 heteroatoms. The molecule has 2 aromatic rings. The second-order valence-electron chi connectivity index (χ2n) is 5.10. The molecule has 2 rings (SSSR count). The topological polar surface area (TPSA) is 62.5 Å². The number of halogens is 1. The molecule has 0 saturated carbocycles. The summed E-state index contributed by atoms with van der Waals surface area (Å²) in [6.45, 7) is 5.49. The van der Waals surface area contributed by atoms with Gasteiger partial charge in [-0.3, -0.25) is 4.40 Å². The van der Waals surface area contributed by atoms with Crippen molar-refractivity contribution in [3.63, 3.8) is 0 Å². The van der Waals surface area contributed by atoms with Gasteiger partial charge >= 0.3 is 0 Å². The van der Waals surface area contributed by atoms with Crippen LogP contribution in [0.2, 0.25) is 0 Å². The zero-order valence-corrected chi connectivity index (χ0v) is 12.8. The number of nitrogens with one attached hydrogen (secondary N) is 1. The fourth-order valence-electron chi connectivity index (χ4n) is 2.04. The number of rotatable bonds is 6. The van der Waals surface area contributed by atoms with Crippen molar-refractivity contribution in [2.75, 3.05) is 6.54 Å². The van der Waals surface area contributed by atoms with Crippen LogP contribution < -0.4 is 5.32 Å². The van der Waals surface area contributed by atoms with Gasteiger partial charge in [0.2, 0.25) is 0 Å². The number of hydrogen-bond donors (Lipinski definition) is 2. The van der Waals surface area contributed by atoms with Gasteiger partial charge < -0.3 is 10.4 Å². The van der Waals surface area contributed by atoms with Gasteiger partial charge in [-0.1, -0.05) is 13.8 Å². The first kappa shape index (κ1) is 14.4. The minimum Gasteiger partial charge on any atom is -0.392 e. The molecule has 0 radical (unpaired) electrons. The molecular formula is C13H19BrN4O. The first-order valence-corrected chi connectivity index (χ1v) is 7.22. The molecule has 0 aliphatic rings. The summed E-state index contributed by atoms with van der Waals surface area (Å²) in [5, 5.41) is 13.1. The number of aliphatic hydroxyl groups excluding tert-OH is 1. The Hall–Kier alpha value is -0.980. The Labute approximate surface area is 121 Å². The summed E-state index contributed by atoms with van der Waals surface area (Å²) >= 11 is 3.35. The van der Waals surface area contributed by atoms with Gasteiger partial charge in [-0.2, -0.15) is 0 Å². The van der Waals surface area contributed by atoms with Crippen molar-refractivity contribution in [1.82, 2.24) is 19.7 Å². The zero-order valence-electron chi connectivity index (χ0n) is 11.2. The third-order valence-electron chi connectivity index (χ3n) is 2.87. The number of nitrogens with zero attached hydrogens (tertiary/aromatic N) is 3. The average Bonchev–Trinajstić information content (AvgIpc) is 2.71. The van der Waals surface area contributed by atoms with E-state index < -0.39 is 0 Å². The van der Waals surface area contributed by atoms with Gasteiger partial charge in [0.1, 0.15) is 4.60 Å². The van der Waals surface area contributed by atoms with Crippen molar-refractivity contribution in [1.29, 1.82) is 0 Å². The lowest BCUT2D eigenvalue weighted by atomic mass is 10.1. The van der Waals surface area contributed by atoms with E-state index in [2.05, 4.69) is 45.1 Å². The molecule has 0 amide bonds. The minimum atomic E-state index is -0.299. The third kappa shape index (κ3) is 3.99. The predicted molar refractivity (Wildman–Crippen MR) is 77.9 cm³/mol. The van der Waals surface area contributed by atoms with Crippen molar-refractivity contribution in [2.24, 2.45) is 5.92 Å². The molecule has 1 unspecified atom stereocenters. The second-order valence-corrected chi connectivity index (χ2v) is 5.91. The highest BCUT2D eigenvalue weighted by Gasteiger charge is 2.08. The van der Waals surface area contributed by atoms with E-state index in [4.69, 9.17) is 0 Å². The van der Waals surface area contributed by atoms with Gasteiger partial charge in [-0.15, -0.1) is 0 Å². The van der Waals surface area contributed by atoms with E-state index in [9.17, 15) is 5.11 Å². The Morgan fingerprint density at radius 2 is 2.16 bits per heavy atom. The number of fused-ring (bicyclic) bond motifs is 1. The summed E-state index contributed by atoms with van der Waals surface area (Å²) < 4.78 is 2.76. The summed E-state index contributed by atoms with van der Waals surface area (Å²) in [6, 6.07) is 0. The van der Waals surface area contributed by atoms with Crippen molar-refractivity contribution >= 4 is 21.6 Å². The average molecular weight is 327 g/mol. The first-order valence-electron chi connectivity index (χ1n) is 6.42. The standard InChI is InChI=1S/C13H19BrN4O/c1-9(2)3-11(19)6-15-4-10-5-17-13-7-16-12(14)8-18(10)13/h5,7-9,11,15,19H,3-4,6H2,1-2H3. The molecular weight excluding hydrogens is 308 g/mol. The fourth-order valence-corrected chi connectivity index (χ4v) is 2.35. The molecule has 0 saturated heterocycles. The normalized spacial score (nSPS) is 13.3. The van der Waals surface area contributed by atoms with Gasteiger partial charge in [0.15, 0.2) is 5.65 Å². The highest BCUT2D eigenvalue weighted by molar-refractivity contribution is 9.10. The van der Waals surface area contributed by atoms with Crippen LogP contribution in [0.25, 0.3) is 5.65 Å². The molecule has 0 aromatic carbocycles. The van der Waals surface area contributed by atoms with E-state index >= 15 is 0 Å². The van der Waals surface area contributed by atoms with Gasteiger partial charge in [0, 0.05) is 19.3 Å². The zero-order chi connectivity index (χ0) is 13.8. The third-order valence-corrected chi connectivity index (χ3v) is 3.28. The molecule has 5 nitrogen and oxygen atoms in total. The molecule has 19 heavy (non-hydrogen) atoms. The van der Waals surface area contributed by atoms with Gasteiger partial charge in [0.05, 0.1) is 24.2 Å². The van der Waals surface area contributed by atoms with Crippen LogP contribution in [0.15, 0.2) is 23.2 Å². The molecule has 0 fully saturated rings. The molecule has 0 spiro atoms. The Kier molecular flexibility index (Phi) is 4.90. The second kappa shape index (κ2) is 6.45. The SMILES string of the molecule is CC(C)CC(O)CNCc1cnc2cnc(Br)cn12. The predicted octanol–water partition coefficient (Wildman–Crippen LogP) is 1.99. The van der Waals surface area contributed by atoms with E-state index in [1.807, 2.05) is 16.8 Å². The van der Waals surface area contributed by atoms with Gasteiger partial charge in [0.25, 0.3) is 0 Å². The van der Waals surface area contributed by atoms with Crippen LogP contribution in [-0.4, -0.2) is 32.1 Å². The summed E-state index contributed by atoms with van der Waals surface area (Å²) in [6.07, 6.45) is 5.96. The van der Waals surface area contributed by atoms with E-state index in [0.29, 0.717) is 19.0 Å². The molecule has 2 N–H and O–H groups in total. The summed E-state index contributed by atoms with van der Waals surface area (Å²) in [5.41, 5.74) is 1.87. The Balaban J connectivity index is 1.93. The number of imidazole rings is 1. The lowest BCUT2D eigenvalue weighted by Crippen LogP contribution is -2.27. The highest BCUT2D eigenvalue weighted by atomic mass is 79.9. The Morgan fingerprint density at radius 1 is 1.37 bits per heavy atom. The van der Waals surface area contributed by atoms with Crippen LogP contribution in [0, 0.1) is 5.92 Å². The first-order chi connectivity index (χ1) is 9.06. The summed E-state index contributed by atoms with van der Waals surface area (Å²) in [4.78, 5) is 8.42. The lowest BCUT2D eigenvalue weighted by Gasteiger charge is -2.13. The fraction of sp³-hybridized carbons (Fsp3) is 0.538. The summed E-state index contributed by atoms with van der Waals surface area (Å²) in [7, 11) is 0. The minimum absolute atomic E-state index is 0.299. The maximum absolute atomic E-state index is 9.80. The van der Waals surface area contributed by atoms with Gasteiger partial charge in [-0.25, -0.2) is 9.97 Å². The van der Waals surface area contributed by atoms with E-state index in [1.54, 1.807) is 6.20 Å².